The maximum Gasteiger partial charge on any atom is 0.309 e. The highest BCUT2D eigenvalue weighted by atomic mass is 35.5. The Kier molecular flexibility index (Phi) is 3.88. The minimum atomic E-state index is -0.962. The molecule has 0 amide bonds. The summed E-state index contributed by atoms with van der Waals surface area (Å²) in [5.41, 5.74) is -0.463. The number of aliphatic carboxylic acids is 1. The van der Waals surface area contributed by atoms with Gasteiger partial charge in [-0.3, -0.25) is 4.79 Å². The lowest BCUT2D eigenvalue weighted by Gasteiger charge is -2.20. The van der Waals surface area contributed by atoms with Crippen LogP contribution in [0.4, 0.5) is 0 Å². The zero-order chi connectivity index (χ0) is 13.2. The molecule has 5 heteroatoms. The highest BCUT2D eigenvalue weighted by molar-refractivity contribution is 6.32. The summed E-state index contributed by atoms with van der Waals surface area (Å²) in [6, 6.07) is 3.18. The van der Waals surface area contributed by atoms with E-state index >= 15 is 0 Å². The number of phenolic OH excluding ortho intramolecular Hbond substituents is 1. The lowest BCUT2D eigenvalue weighted by Crippen LogP contribution is -2.26. The number of phenols is 1. The van der Waals surface area contributed by atoms with Crippen LogP contribution in [0, 0.1) is 5.41 Å². The Hall–Kier alpha value is -1.42. The number of halogens is 1. The molecule has 0 saturated carbocycles. The highest BCUT2D eigenvalue weighted by Crippen LogP contribution is 2.39. The second-order valence-electron chi connectivity index (χ2n) is 4.45. The molecule has 0 aliphatic carbocycles. The molecule has 0 atom stereocenters. The Balaban J connectivity index is 3.13. The number of hydrogen-bond acceptors (Lipinski definition) is 3. The summed E-state index contributed by atoms with van der Waals surface area (Å²) in [5.74, 6) is -0.856. The molecule has 0 unspecified atom stereocenters. The normalized spacial score (nSPS) is 11.3. The Morgan fingerprint density at radius 2 is 2.06 bits per heavy atom. The number of methoxy groups -OCH3 is 1. The lowest BCUT2D eigenvalue weighted by atomic mass is 9.85. The van der Waals surface area contributed by atoms with Gasteiger partial charge in [-0.25, -0.2) is 0 Å². The van der Waals surface area contributed by atoms with E-state index in [0.717, 1.165) is 0 Å². The minimum absolute atomic E-state index is 0.102. The molecular weight excluding hydrogens is 244 g/mol. The van der Waals surface area contributed by atoms with Crippen LogP contribution in [0.2, 0.25) is 5.02 Å². The smallest absolute Gasteiger partial charge is 0.309 e. The van der Waals surface area contributed by atoms with Crippen LogP contribution in [0.5, 0.6) is 11.5 Å². The van der Waals surface area contributed by atoms with Crippen molar-refractivity contribution in [1.82, 2.24) is 0 Å². The number of carbonyl (C=O) groups is 1. The quantitative estimate of drug-likeness (QED) is 0.871. The molecule has 0 spiro atoms. The van der Waals surface area contributed by atoms with Crippen molar-refractivity contribution >= 4 is 17.6 Å². The standard InChI is InChI=1S/C12H15ClO4/c1-12(2,11(15)16)6-7-4-5-8(13)10(17-3)9(7)14/h4-5,14H,6H2,1-3H3,(H,15,16). The molecule has 94 valence electrons. The van der Waals surface area contributed by atoms with Gasteiger partial charge in [0.25, 0.3) is 0 Å². The summed E-state index contributed by atoms with van der Waals surface area (Å²) >= 11 is 5.83. The molecule has 0 heterocycles. The molecule has 17 heavy (non-hydrogen) atoms. The summed E-state index contributed by atoms with van der Waals surface area (Å²) in [7, 11) is 1.40. The van der Waals surface area contributed by atoms with E-state index in [1.165, 1.54) is 7.11 Å². The first-order valence-corrected chi connectivity index (χ1v) is 5.45. The molecule has 2 N–H and O–H groups in total. The lowest BCUT2D eigenvalue weighted by molar-refractivity contribution is -0.146. The van der Waals surface area contributed by atoms with Gasteiger partial charge in [0.1, 0.15) is 0 Å². The average molecular weight is 259 g/mol. The second-order valence-corrected chi connectivity index (χ2v) is 4.86. The maximum atomic E-state index is 11.0. The number of benzene rings is 1. The third-order valence-electron chi connectivity index (χ3n) is 2.58. The maximum absolute atomic E-state index is 11.0. The summed E-state index contributed by atoms with van der Waals surface area (Å²) in [6.07, 6.45) is 0.196. The number of carboxylic acids is 1. The summed E-state index contributed by atoms with van der Waals surface area (Å²) < 4.78 is 4.96. The zero-order valence-corrected chi connectivity index (χ0v) is 10.7. The Morgan fingerprint density at radius 1 is 1.47 bits per heavy atom. The minimum Gasteiger partial charge on any atom is -0.504 e. The van der Waals surface area contributed by atoms with Crippen LogP contribution in [0.25, 0.3) is 0 Å². The number of ether oxygens (including phenoxy) is 1. The van der Waals surface area contributed by atoms with Gasteiger partial charge in [0.2, 0.25) is 0 Å². The van der Waals surface area contributed by atoms with Crippen molar-refractivity contribution in [3.05, 3.63) is 22.7 Å². The molecule has 0 aromatic heterocycles. The van der Waals surface area contributed by atoms with Crippen molar-refractivity contribution in [3.8, 4) is 11.5 Å². The van der Waals surface area contributed by atoms with Crippen molar-refractivity contribution in [3.63, 3.8) is 0 Å². The van der Waals surface area contributed by atoms with E-state index in [1.807, 2.05) is 0 Å². The molecule has 0 saturated heterocycles. The van der Waals surface area contributed by atoms with Gasteiger partial charge < -0.3 is 14.9 Å². The highest BCUT2D eigenvalue weighted by Gasteiger charge is 2.29. The molecule has 1 rings (SSSR count). The fraction of sp³-hybridized carbons (Fsp3) is 0.417. The van der Waals surface area contributed by atoms with Crippen LogP contribution in [0.1, 0.15) is 19.4 Å². The predicted octanol–water partition coefficient (Wildman–Crippen LogP) is 2.71. The van der Waals surface area contributed by atoms with Crippen molar-refractivity contribution in [2.45, 2.75) is 20.3 Å². The van der Waals surface area contributed by atoms with Gasteiger partial charge in [0.05, 0.1) is 17.5 Å². The van der Waals surface area contributed by atoms with Crippen LogP contribution < -0.4 is 4.74 Å². The number of carboxylic acid groups (broad SMARTS) is 1. The predicted molar refractivity (Wildman–Crippen MR) is 64.8 cm³/mol. The number of hydrogen-bond donors (Lipinski definition) is 2. The monoisotopic (exact) mass is 258 g/mol. The van der Waals surface area contributed by atoms with Gasteiger partial charge >= 0.3 is 5.97 Å². The second kappa shape index (κ2) is 4.84. The van der Waals surface area contributed by atoms with Gasteiger partial charge in [0, 0.05) is 0 Å². The van der Waals surface area contributed by atoms with Gasteiger partial charge in [-0.1, -0.05) is 17.7 Å². The van der Waals surface area contributed by atoms with E-state index in [2.05, 4.69) is 0 Å². The molecule has 0 radical (unpaired) electrons. The first-order valence-electron chi connectivity index (χ1n) is 5.07. The molecule has 4 nitrogen and oxygen atoms in total. The first-order chi connectivity index (χ1) is 7.79. The van der Waals surface area contributed by atoms with E-state index < -0.39 is 11.4 Å². The van der Waals surface area contributed by atoms with Crippen LogP contribution in [-0.4, -0.2) is 23.3 Å². The third-order valence-corrected chi connectivity index (χ3v) is 2.88. The van der Waals surface area contributed by atoms with E-state index in [4.69, 9.17) is 21.4 Å². The Bertz CT molecular complexity index is 440. The summed E-state index contributed by atoms with van der Waals surface area (Å²) in [5, 5.41) is 19.2. The van der Waals surface area contributed by atoms with E-state index in [0.29, 0.717) is 10.6 Å². The van der Waals surface area contributed by atoms with Crippen LogP contribution in [0.3, 0.4) is 0 Å². The molecule has 0 bridgehead atoms. The summed E-state index contributed by atoms with van der Waals surface area (Å²) in [4.78, 5) is 11.0. The van der Waals surface area contributed by atoms with Gasteiger partial charge in [-0.05, 0) is 31.9 Å². The zero-order valence-electron chi connectivity index (χ0n) is 9.95. The Morgan fingerprint density at radius 3 is 2.53 bits per heavy atom. The SMILES string of the molecule is COc1c(Cl)ccc(CC(C)(C)C(=O)O)c1O. The van der Waals surface area contributed by atoms with Gasteiger partial charge in [-0.2, -0.15) is 0 Å². The average Bonchev–Trinajstić information content (AvgIpc) is 2.23. The Labute approximate surface area is 105 Å². The molecule has 0 fully saturated rings. The number of rotatable bonds is 4. The van der Waals surface area contributed by atoms with E-state index in [9.17, 15) is 9.90 Å². The summed E-state index contributed by atoms with van der Waals surface area (Å²) in [6.45, 7) is 3.19. The molecular formula is C12H15ClO4. The third kappa shape index (κ3) is 2.82. The molecule has 0 aliphatic rings. The first kappa shape index (κ1) is 13.6. The van der Waals surface area contributed by atoms with Crippen molar-refractivity contribution in [2.75, 3.05) is 7.11 Å². The fourth-order valence-electron chi connectivity index (χ4n) is 1.48. The van der Waals surface area contributed by atoms with Gasteiger partial charge in [-0.15, -0.1) is 0 Å². The molecule has 0 aliphatic heterocycles. The van der Waals surface area contributed by atoms with E-state index in [-0.39, 0.29) is 17.9 Å². The molecule has 1 aromatic rings. The van der Waals surface area contributed by atoms with Crippen molar-refractivity contribution in [1.29, 1.82) is 0 Å². The van der Waals surface area contributed by atoms with Crippen LogP contribution >= 0.6 is 11.6 Å². The van der Waals surface area contributed by atoms with Crippen LogP contribution in [0.15, 0.2) is 12.1 Å². The fourth-order valence-corrected chi connectivity index (χ4v) is 1.71. The van der Waals surface area contributed by atoms with E-state index in [1.54, 1.807) is 26.0 Å². The molecule has 1 aromatic carbocycles. The van der Waals surface area contributed by atoms with Gasteiger partial charge in [0.15, 0.2) is 11.5 Å². The van der Waals surface area contributed by atoms with Crippen molar-refractivity contribution in [2.24, 2.45) is 5.41 Å². The number of aromatic hydroxyl groups is 1. The largest absolute Gasteiger partial charge is 0.504 e. The van der Waals surface area contributed by atoms with Crippen LogP contribution in [-0.2, 0) is 11.2 Å². The topological polar surface area (TPSA) is 66.8 Å². The van der Waals surface area contributed by atoms with Crippen molar-refractivity contribution < 1.29 is 19.7 Å².